The summed E-state index contributed by atoms with van der Waals surface area (Å²) in [5.41, 5.74) is 8.36. The number of likely N-dealkylation sites (N-methyl/N-ethyl adjacent to an activating group) is 1. The molecule has 1 aliphatic heterocycles. The van der Waals surface area contributed by atoms with E-state index in [0.717, 1.165) is 64.2 Å². The molecule has 0 radical (unpaired) electrons. The Morgan fingerprint density at radius 3 is 2.40 bits per heavy atom. The second-order valence-corrected chi connectivity index (χ2v) is 14.2. The SMILES string of the molecule is C#C.C=C(CC=C/C=C\C)N(/C(C)=C/C)C1C=CC=CC(/C(=C(\C=C\CC)N(C)c2ccccc2)c2cccc(B3OCC(C)(C)C(C)(CC)O3)c2)=C1. The van der Waals surface area contributed by atoms with E-state index < -0.39 is 7.12 Å². The van der Waals surface area contributed by atoms with Gasteiger partial charge in [-0.1, -0.05) is 137 Å². The molecule has 1 saturated heterocycles. The highest BCUT2D eigenvalue weighted by atomic mass is 16.6. The van der Waals surface area contributed by atoms with Crippen LogP contribution in [0, 0.1) is 18.3 Å². The molecule has 0 bridgehead atoms. The third-order valence-corrected chi connectivity index (χ3v) is 10.4. The van der Waals surface area contributed by atoms with Crippen molar-refractivity contribution in [2.24, 2.45) is 5.41 Å². The Labute approximate surface area is 322 Å². The quantitative estimate of drug-likeness (QED) is 0.111. The van der Waals surface area contributed by atoms with Gasteiger partial charge in [0.2, 0.25) is 0 Å². The van der Waals surface area contributed by atoms with E-state index in [4.69, 9.17) is 9.31 Å². The van der Waals surface area contributed by atoms with Crippen molar-refractivity contribution in [1.82, 2.24) is 4.90 Å². The minimum atomic E-state index is -0.453. The normalized spacial score (nSPS) is 20.5. The molecule has 1 heterocycles. The number of para-hydroxylation sites is 1. The molecule has 0 N–H and O–H groups in total. The van der Waals surface area contributed by atoms with Gasteiger partial charge in [0.1, 0.15) is 0 Å². The number of allylic oxidation sites excluding steroid dienone is 13. The lowest BCUT2D eigenvalue weighted by atomic mass is 9.67. The van der Waals surface area contributed by atoms with E-state index in [1.165, 1.54) is 0 Å². The van der Waals surface area contributed by atoms with Gasteiger partial charge in [-0.2, -0.15) is 0 Å². The molecule has 1 aliphatic carbocycles. The minimum Gasteiger partial charge on any atom is -0.407 e. The zero-order chi connectivity index (χ0) is 39.0. The smallest absolute Gasteiger partial charge is 0.407 e. The first-order valence-electron chi connectivity index (χ1n) is 18.9. The summed E-state index contributed by atoms with van der Waals surface area (Å²) in [5, 5.41) is 0. The first kappa shape index (κ1) is 42.7. The molecule has 2 aliphatic rings. The van der Waals surface area contributed by atoms with Crippen molar-refractivity contribution in [3.63, 3.8) is 0 Å². The molecule has 53 heavy (non-hydrogen) atoms. The van der Waals surface area contributed by atoms with Gasteiger partial charge in [-0.3, -0.25) is 0 Å². The van der Waals surface area contributed by atoms with E-state index in [0.29, 0.717) is 6.61 Å². The molecule has 278 valence electrons. The third kappa shape index (κ3) is 10.7. The number of anilines is 1. The third-order valence-electron chi connectivity index (χ3n) is 10.4. The Balaban J connectivity index is 0.00000372. The predicted octanol–water partition coefficient (Wildman–Crippen LogP) is 11.4. The van der Waals surface area contributed by atoms with Gasteiger partial charge in [-0.05, 0) is 81.4 Å². The number of nitrogens with zero attached hydrogens (tertiary/aromatic N) is 2. The zero-order valence-corrected chi connectivity index (χ0v) is 33.7. The lowest BCUT2D eigenvalue weighted by Crippen LogP contribution is -2.59. The fourth-order valence-electron chi connectivity index (χ4n) is 6.56. The van der Waals surface area contributed by atoms with Crippen molar-refractivity contribution < 1.29 is 9.31 Å². The second kappa shape index (κ2) is 20.5. The van der Waals surface area contributed by atoms with E-state index in [1.54, 1.807) is 0 Å². The molecule has 5 heteroatoms. The summed E-state index contributed by atoms with van der Waals surface area (Å²) in [6.07, 6.45) is 36.8. The molecule has 0 saturated carbocycles. The standard InChI is InChI=1S/C46H59BN2O2.C2H2/c1-11-15-17-19-25-37(6)49(36(5)13-3)42-31-23-22-26-39(34-42)44(43(32-16-12-2)48(10)41-29-20-18-21-30-41)38-27-24-28-40(33-38)47-50-35-45(7,8)46(9,14-4)51-47;1-2/h11,13,15-24,26-34,42H,6,12,14,25,35H2,1-5,7-10H3;1-2H/b15-11-,19-17?,32-16+,36-13+,44-43+;. The Bertz CT molecular complexity index is 1790. The molecule has 0 spiro atoms. The highest BCUT2D eigenvalue weighted by Crippen LogP contribution is 2.41. The number of benzene rings is 2. The fraction of sp³-hybridized carbons (Fsp3) is 0.333. The molecule has 0 amide bonds. The molecule has 4 nitrogen and oxygen atoms in total. The van der Waals surface area contributed by atoms with Crippen LogP contribution < -0.4 is 10.4 Å². The molecular formula is C48H61BN2O2. The molecular weight excluding hydrogens is 647 g/mol. The molecule has 4 rings (SSSR count). The van der Waals surface area contributed by atoms with E-state index in [1.807, 2.05) is 13.0 Å². The van der Waals surface area contributed by atoms with Crippen LogP contribution in [-0.2, 0) is 9.31 Å². The number of hydrogen-bond acceptors (Lipinski definition) is 4. The second-order valence-electron chi connectivity index (χ2n) is 14.2. The van der Waals surface area contributed by atoms with Crippen LogP contribution in [-0.4, -0.2) is 37.3 Å². The topological polar surface area (TPSA) is 24.9 Å². The maximum Gasteiger partial charge on any atom is 0.494 e. The van der Waals surface area contributed by atoms with Crippen LogP contribution in [0.3, 0.4) is 0 Å². The zero-order valence-electron chi connectivity index (χ0n) is 33.7. The van der Waals surface area contributed by atoms with Crippen LogP contribution in [0.25, 0.3) is 5.57 Å². The first-order chi connectivity index (χ1) is 25.5. The summed E-state index contributed by atoms with van der Waals surface area (Å²) in [6, 6.07) is 19.3. The summed E-state index contributed by atoms with van der Waals surface area (Å²) < 4.78 is 13.2. The highest BCUT2D eigenvalue weighted by Gasteiger charge is 2.48. The van der Waals surface area contributed by atoms with Crippen molar-refractivity contribution in [1.29, 1.82) is 0 Å². The largest absolute Gasteiger partial charge is 0.494 e. The number of terminal acetylenes is 1. The Hall–Kier alpha value is -4.76. The summed E-state index contributed by atoms with van der Waals surface area (Å²) in [7, 11) is 1.70. The maximum absolute atomic E-state index is 6.79. The van der Waals surface area contributed by atoms with Gasteiger partial charge in [-0.25, -0.2) is 0 Å². The summed E-state index contributed by atoms with van der Waals surface area (Å²) in [6.45, 7) is 22.5. The van der Waals surface area contributed by atoms with Gasteiger partial charge in [0.25, 0.3) is 0 Å². The lowest BCUT2D eigenvalue weighted by molar-refractivity contribution is -0.108. The average Bonchev–Trinajstić information content (AvgIpc) is 3.42. The van der Waals surface area contributed by atoms with Crippen LogP contribution in [0.5, 0.6) is 0 Å². The molecule has 0 aromatic heterocycles. The molecule has 1 fully saturated rings. The number of hydrogen-bond donors (Lipinski definition) is 0. The first-order valence-corrected chi connectivity index (χ1v) is 18.9. The maximum atomic E-state index is 6.79. The summed E-state index contributed by atoms with van der Waals surface area (Å²) >= 11 is 0. The van der Waals surface area contributed by atoms with E-state index in [2.05, 4.69) is 206 Å². The monoisotopic (exact) mass is 708 g/mol. The summed E-state index contributed by atoms with van der Waals surface area (Å²) in [5.74, 6) is 0. The van der Waals surface area contributed by atoms with Crippen molar-refractivity contribution in [2.45, 2.75) is 86.3 Å². The van der Waals surface area contributed by atoms with Gasteiger partial charge in [-0.15, -0.1) is 12.8 Å². The highest BCUT2D eigenvalue weighted by molar-refractivity contribution is 6.61. The van der Waals surface area contributed by atoms with Crippen molar-refractivity contribution in [2.75, 3.05) is 18.6 Å². The average molecular weight is 709 g/mol. The Morgan fingerprint density at radius 1 is 1.00 bits per heavy atom. The van der Waals surface area contributed by atoms with Crippen LogP contribution >= 0.6 is 0 Å². The number of rotatable bonds is 14. The van der Waals surface area contributed by atoms with E-state index >= 15 is 0 Å². The van der Waals surface area contributed by atoms with Crippen molar-refractivity contribution in [3.05, 3.63) is 162 Å². The predicted molar refractivity (Wildman–Crippen MR) is 232 cm³/mol. The molecule has 2 atom stereocenters. The van der Waals surface area contributed by atoms with Crippen molar-refractivity contribution in [3.8, 4) is 12.8 Å². The van der Waals surface area contributed by atoms with Gasteiger partial charge < -0.3 is 19.1 Å². The van der Waals surface area contributed by atoms with Gasteiger partial charge in [0.05, 0.1) is 11.6 Å². The van der Waals surface area contributed by atoms with Crippen LogP contribution in [0.15, 0.2) is 157 Å². The van der Waals surface area contributed by atoms with E-state index in [9.17, 15) is 0 Å². The molecule has 2 aromatic rings. The summed E-state index contributed by atoms with van der Waals surface area (Å²) in [4.78, 5) is 4.64. The Morgan fingerprint density at radius 2 is 1.74 bits per heavy atom. The van der Waals surface area contributed by atoms with Crippen LogP contribution in [0.4, 0.5) is 5.69 Å². The minimum absolute atomic E-state index is 0.0528. The molecule has 2 unspecified atom stereocenters. The fourth-order valence-corrected chi connectivity index (χ4v) is 6.56. The van der Waals surface area contributed by atoms with Crippen molar-refractivity contribution >= 4 is 23.8 Å². The molecule has 2 aromatic carbocycles. The van der Waals surface area contributed by atoms with Gasteiger partial charge in [0, 0.05) is 53.8 Å². The lowest BCUT2D eigenvalue weighted by Gasteiger charge is -2.49. The van der Waals surface area contributed by atoms with E-state index in [-0.39, 0.29) is 17.1 Å². The van der Waals surface area contributed by atoms with Crippen LogP contribution in [0.1, 0.15) is 80.2 Å². The van der Waals surface area contributed by atoms with Gasteiger partial charge in [0.15, 0.2) is 0 Å². The van der Waals surface area contributed by atoms with Crippen LogP contribution in [0.2, 0.25) is 0 Å². The van der Waals surface area contributed by atoms with Gasteiger partial charge >= 0.3 is 7.12 Å². The Kier molecular flexibility index (Phi) is 16.5.